The Bertz CT molecular complexity index is 540. The van der Waals surface area contributed by atoms with E-state index < -0.39 is 0 Å². The molecular formula is C19H30N4O. The van der Waals surface area contributed by atoms with Crippen LogP contribution in [0.3, 0.4) is 0 Å². The van der Waals surface area contributed by atoms with Crippen molar-refractivity contribution in [2.45, 2.75) is 45.2 Å². The molecule has 0 atom stereocenters. The van der Waals surface area contributed by atoms with Crippen molar-refractivity contribution in [1.29, 1.82) is 0 Å². The first-order valence-corrected chi connectivity index (χ1v) is 9.25. The molecule has 2 N–H and O–H groups in total. The molecule has 0 unspecified atom stereocenters. The molecule has 2 aliphatic rings. The summed E-state index contributed by atoms with van der Waals surface area (Å²) in [5.41, 5.74) is 9.82. The molecule has 1 saturated heterocycles. The van der Waals surface area contributed by atoms with Gasteiger partial charge in [0.2, 0.25) is 5.91 Å². The number of fused-ring (bicyclic) bond motifs is 1. The third-order valence-corrected chi connectivity index (χ3v) is 5.23. The fourth-order valence-electron chi connectivity index (χ4n) is 3.69. The first-order chi connectivity index (χ1) is 11.7. The molecule has 0 bridgehead atoms. The lowest BCUT2D eigenvalue weighted by molar-refractivity contribution is -0.129. The SMILES string of the molecule is CC(=O)N1CCC(NNCCCN2CCc3ccccc3C2)CC1. The van der Waals surface area contributed by atoms with Gasteiger partial charge in [0.1, 0.15) is 0 Å². The van der Waals surface area contributed by atoms with Gasteiger partial charge in [0.25, 0.3) is 0 Å². The monoisotopic (exact) mass is 330 g/mol. The van der Waals surface area contributed by atoms with E-state index in [4.69, 9.17) is 0 Å². The van der Waals surface area contributed by atoms with Crippen LogP contribution in [-0.2, 0) is 17.8 Å². The largest absolute Gasteiger partial charge is 0.343 e. The lowest BCUT2D eigenvalue weighted by atomic mass is 10.00. The molecule has 0 aliphatic carbocycles. The molecule has 5 nitrogen and oxygen atoms in total. The minimum Gasteiger partial charge on any atom is -0.343 e. The predicted octanol–water partition coefficient (Wildman–Crippen LogP) is 1.54. The fourth-order valence-corrected chi connectivity index (χ4v) is 3.69. The zero-order chi connectivity index (χ0) is 16.8. The Morgan fingerprint density at radius 3 is 2.67 bits per heavy atom. The first-order valence-electron chi connectivity index (χ1n) is 9.25. The molecular weight excluding hydrogens is 300 g/mol. The minimum atomic E-state index is 0.199. The molecule has 1 aromatic carbocycles. The highest BCUT2D eigenvalue weighted by Gasteiger charge is 2.20. The van der Waals surface area contributed by atoms with Crippen LogP contribution in [0.2, 0.25) is 0 Å². The van der Waals surface area contributed by atoms with Gasteiger partial charge in [-0.05, 0) is 43.4 Å². The van der Waals surface area contributed by atoms with Crippen LogP contribution in [0, 0.1) is 0 Å². The molecule has 2 aliphatic heterocycles. The Kier molecular flexibility index (Phi) is 6.24. The number of likely N-dealkylation sites (tertiary alicyclic amines) is 1. The van der Waals surface area contributed by atoms with Crippen LogP contribution in [-0.4, -0.2) is 54.5 Å². The van der Waals surface area contributed by atoms with Gasteiger partial charge >= 0.3 is 0 Å². The number of hydrazine groups is 1. The minimum absolute atomic E-state index is 0.199. The predicted molar refractivity (Wildman–Crippen MR) is 96.5 cm³/mol. The van der Waals surface area contributed by atoms with Gasteiger partial charge in [-0.25, -0.2) is 0 Å². The van der Waals surface area contributed by atoms with E-state index in [1.165, 1.54) is 24.1 Å². The number of hydrogen-bond donors (Lipinski definition) is 2. The molecule has 1 amide bonds. The maximum atomic E-state index is 11.3. The summed E-state index contributed by atoms with van der Waals surface area (Å²) < 4.78 is 0. The standard InChI is InChI=1S/C19H30N4O/c1-16(24)23-13-8-19(9-14-23)21-20-10-4-11-22-12-7-17-5-2-3-6-18(17)15-22/h2-3,5-6,19-21H,4,7-15H2,1H3. The number of amides is 1. The lowest BCUT2D eigenvalue weighted by Crippen LogP contribution is -2.49. The van der Waals surface area contributed by atoms with Crippen LogP contribution in [0.1, 0.15) is 37.3 Å². The molecule has 0 saturated carbocycles. The average Bonchev–Trinajstić information content (AvgIpc) is 2.61. The quantitative estimate of drug-likeness (QED) is 0.614. The smallest absolute Gasteiger partial charge is 0.219 e. The average molecular weight is 330 g/mol. The molecule has 0 aromatic heterocycles. The van der Waals surface area contributed by atoms with E-state index in [9.17, 15) is 4.79 Å². The number of carbonyl (C=O) groups excluding carboxylic acids is 1. The van der Waals surface area contributed by atoms with Gasteiger partial charge < -0.3 is 4.90 Å². The van der Waals surface area contributed by atoms with Gasteiger partial charge in [-0.2, -0.15) is 0 Å². The number of nitrogens with one attached hydrogen (secondary N) is 2. The highest BCUT2D eigenvalue weighted by atomic mass is 16.2. The molecule has 2 heterocycles. The van der Waals surface area contributed by atoms with Gasteiger partial charge in [-0.1, -0.05) is 24.3 Å². The lowest BCUT2D eigenvalue weighted by Gasteiger charge is -2.32. The zero-order valence-electron chi connectivity index (χ0n) is 14.8. The fraction of sp³-hybridized carbons (Fsp3) is 0.632. The summed E-state index contributed by atoms with van der Waals surface area (Å²) in [6.45, 7) is 7.81. The number of carbonyl (C=O) groups is 1. The van der Waals surface area contributed by atoms with Crippen LogP contribution in [0.4, 0.5) is 0 Å². The van der Waals surface area contributed by atoms with E-state index in [0.717, 1.165) is 52.0 Å². The summed E-state index contributed by atoms with van der Waals surface area (Å²) in [6, 6.07) is 9.29. The summed E-state index contributed by atoms with van der Waals surface area (Å²) in [4.78, 5) is 15.8. The van der Waals surface area contributed by atoms with Crippen molar-refractivity contribution in [2.75, 3.05) is 32.7 Å². The Balaban J connectivity index is 1.27. The summed E-state index contributed by atoms with van der Waals surface area (Å²) in [5.74, 6) is 0.199. The van der Waals surface area contributed by atoms with Crippen molar-refractivity contribution in [3.05, 3.63) is 35.4 Å². The molecule has 132 valence electrons. The zero-order valence-corrected chi connectivity index (χ0v) is 14.8. The van der Waals surface area contributed by atoms with E-state index in [1.807, 2.05) is 4.90 Å². The molecule has 0 radical (unpaired) electrons. The van der Waals surface area contributed by atoms with Gasteiger partial charge in [-0.3, -0.25) is 20.5 Å². The topological polar surface area (TPSA) is 47.6 Å². The Morgan fingerprint density at radius 1 is 1.17 bits per heavy atom. The van der Waals surface area contributed by atoms with Gasteiger partial charge in [0.05, 0.1) is 0 Å². The molecule has 24 heavy (non-hydrogen) atoms. The van der Waals surface area contributed by atoms with Crippen molar-refractivity contribution in [1.82, 2.24) is 20.7 Å². The summed E-state index contributed by atoms with van der Waals surface area (Å²) in [5, 5.41) is 0. The summed E-state index contributed by atoms with van der Waals surface area (Å²) in [6.07, 6.45) is 4.41. The number of benzene rings is 1. The maximum absolute atomic E-state index is 11.3. The van der Waals surface area contributed by atoms with E-state index in [1.54, 1.807) is 6.92 Å². The van der Waals surface area contributed by atoms with E-state index in [-0.39, 0.29) is 5.91 Å². The highest BCUT2D eigenvalue weighted by molar-refractivity contribution is 5.73. The second-order valence-corrected chi connectivity index (χ2v) is 7.00. The number of hydrogen-bond acceptors (Lipinski definition) is 4. The highest BCUT2D eigenvalue weighted by Crippen LogP contribution is 2.18. The van der Waals surface area contributed by atoms with Gasteiger partial charge in [0, 0.05) is 45.7 Å². The normalized spacial score (nSPS) is 19.3. The van der Waals surface area contributed by atoms with Crippen molar-refractivity contribution < 1.29 is 4.79 Å². The van der Waals surface area contributed by atoms with Crippen molar-refractivity contribution in [2.24, 2.45) is 0 Å². The molecule has 3 rings (SSSR count). The van der Waals surface area contributed by atoms with E-state index in [2.05, 4.69) is 40.0 Å². The first kappa shape index (κ1) is 17.4. The van der Waals surface area contributed by atoms with E-state index >= 15 is 0 Å². The molecule has 0 spiro atoms. The van der Waals surface area contributed by atoms with Gasteiger partial charge in [0.15, 0.2) is 0 Å². The third kappa shape index (κ3) is 4.79. The number of nitrogens with zero attached hydrogens (tertiary/aromatic N) is 2. The summed E-state index contributed by atoms with van der Waals surface area (Å²) in [7, 11) is 0. The molecule has 1 aromatic rings. The van der Waals surface area contributed by atoms with Crippen LogP contribution in [0.25, 0.3) is 0 Å². The van der Waals surface area contributed by atoms with Crippen LogP contribution >= 0.6 is 0 Å². The Hall–Kier alpha value is -1.43. The van der Waals surface area contributed by atoms with Crippen molar-refractivity contribution in [3.63, 3.8) is 0 Å². The van der Waals surface area contributed by atoms with Crippen LogP contribution < -0.4 is 10.9 Å². The second kappa shape index (κ2) is 8.60. The third-order valence-electron chi connectivity index (χ3n) is 5.23. The Labute approximate surface area is 145 Å². The summed E-state index contributed by atoms with van der Waals surface area (Å²) >= 11 is 0. The van der Waals surface area contributed by atoms with E-state index in [0.29, 0.717) is 6.04 Å². The van der Waals surface area contributed by atoms with Gasteiger partial charge in [-0.15, -0.1) is 0 Å². The number of rotatable bonds is 6. The number of piperidine rings is 1. The van der Waals surface area contributed by atoms with Crippen molar-refractivity contribution >= 4 is 5.91 Å². The Morgan fingerprint density at radius 2 is 1.92 bits per heavy atom. The maximum Gasteiger partial charge on any atom is 0.219 e. The van der Waals surface area contributed by atoms with Crippen molar-refractivity contribution in [3.8, 4) is 0 Å². The molecule has 5 heteroatoms. The van der Waals surface area contributed by atoms with Crippen LogP contribution in [0.5, 0.6) is 0 Å². The van der Waals surface area contributed by atoms with Crippen LogP contribution in [0.15, 0.2) is 24.3 Å². The molecule has 1 fully saturated rings. The second-order valence-electron chi connectivity index (χ2n) is 7.00.